The number of carbonyl (C=O) groups excluding carboxylic acids is 1. The summed E-state index contributed by atoms with van der Waals surface area (Å²) in [7, 11) is 1.85. The maximum atomic E-state index is 12.6. The highest BCUT2D eigenvalue weighted by Crippen LogP contribution is 2.31. The first-order valence-corrected chi connectivity index (χ1v) is 7.44. The lowest BCUT2D eigenvalue weighted by atomic mass is 10.1. The second-order valence-electron chi connectivity index (χ2n) is 5.41. The van der Waals surface area contributed by atoms with E-state index in [1.165, 1.54) is 12.8 Å². The first kappa shape index (κ1) is 13.7. The molecule has 1 heterocycles. The number of anilines is 2. The Labute approximate surface area is 125 Å². The third-order valence-electron chi connectivity index (χ3n) is 4.02. The van der Waals surface area contributed by atoms with Crippen LogP contribution in [0.15, 0.2) is 54.6 Å². The average Bonchev–Trinajstić information content (AvgIpc) is 3.08. The van der Waals surface area contributed by atoms with Crippen molar-refractivity contribution < 1.29 is 4.79 Å². The zero-order valence-corrected chi connectivity index (χ0v) is 12.3. The Balaban J connectivity index is 1.91. The van der Waals surface area contributed by atoms with Gasteiger partial charge in [0, 0.05) is 25.7 Å². The predicted molar refractivity (Wildman–Crippen MR) is 87.1 cm³/mol. The predicted octanol–water partition coefficient (Wildman–Crippen LogP) is 3.56. The molecule has 0 aromatic heterocycles. The minimum absolute atomic E-state index is 0.0299. The molecule has 0 saturated carbocycles. The zero-order valence-electron chi connectivity index (χ0n) is 12.3. The Kier molecular flexibility index (Phi) is 3.91. The number of para-hydroxylation sites is 2. The van der Waals surface area contributed by atoms with Gasteiger partial charge in [0.05, 0.1) is 11.4 Å². The summed E-state index contributed by atoms with van der Waals surface area (Å²) in [6.45, 7) is 2.15. The molecule has 1 amide bonds. The molecule has 3 rings (SSSR count). The van der Waals surface area contributed by atoms with Crippen LogP contribution < -0.4 is 9.80 Å². The number of hydrogen-bond donors (Lipinski definition) is 0. The van der Waals surface area contributed by atoms with Crippen molar-refractivity contribution in [3.63, 3.8) is 0 Å². The van der Waals surface area contributed by atoms with E-state index in [-0.39, 0.29) is 5.91 Å². The van der Waals surface area contributed by atoms with Crippen molar-refractivity contribution in [2.75, 3.05) is 29.9 Å². The van der Waals surface area contributed by atoms with Crippen molar-refractivity contribution in [3.8, 4) is 0 Å². The van der Waals surface area contributed by atoms with E-state index < -0.39 is 0 Å². The lowest BCUT2D eigenvalue weighted by molar-refractivity contribution is 0.0993. The molecule has 0 atom stereocenters. The third kappa shape index (κ3) is 2.77. The van der Waals surface area contributed by atoms with Crippen LogP contribution in [0.3, 0.4) is 0 Å². The van der Waals surface area contributed by atoms with Crippen molar-refractivity contribution >= 4 is 17.3 Å². The van der Waals surface area contributed by atoms with Gasteiger partial charge < -0.3 is 9.80 Å². The van der Waals surface area contributed by atoms with E-state index in [0.29, 0.717) is 0 Å². The molecule has 1 fully saturated rings. The average molecular weight is 280 g/mol. The Morgan fingerprint density at radius 3 is 2.29 bits per heavy atom. The van der Waals surface area contributed by atoms with Gasteiger partial charge in [-0.05, 0) is 37.1 Å². The van der Waals surface area contributed by atoms with Gasteiger partial charge in [0.2, 0.25) is 0 Å². The topological polar surface area (TPSA) is 23.6 Å². The van der Waals surface area contributed by atoms with E-state index in [1.807, 2.05) is 55.6 Å². The Bertz CT molecular complexity index is 618. The number of carbonyl (C=O) groups is 1. The molecule has 0 N–H and O–H groups in total. The smallest absolute Gasteiger partial charge is 0.258 e. The van der Waals surface area contributed by atoms with Gasteiger partial charge in [-0.15, -0.1) is 0 Å². The summed E-state index contributed by atoms with van der Waals surface area (Å²) in [5.41, 5.74) is 2.85. The Morgan fingerprint density at radius 2 is 1.57 bits per heavy atom. The van der Waals surface area contributed by atoms with Crippen LogP contribution in [-0.4, -0.2) is 26.0 Å². The Hall–Kier alpha value is -2.29. The number of nitrogens with zero attached hydrogens (tertiary/aromatic N) is 2. The molecular formula is C18H20N2O. The molecular weight excluding hydrogens is 260 g/mol. The first-order valence-electron chi connectivity index (χ1n) is 7.44. The summed E-state index contributed by atoms with van der Waals surface area (Å²) >= 11 is 0. The monoisotopic (exact) mass is 280 g/mol. The van der Waals surface area contributed by atoms with Gasteiger partial charge in [-0.1, -0.05) is 30.3 Å². The second-order valence-corrected chi connectivity index (χ2v) is 5.41. The maximum Gasteiger partial charge on any atom is 0.258 e. The normalized spacial score (nSPS) is 14.2. The van der Waals surface area contributed by atoms with Crippen molar-refractivity contribution in [2.45, 2.75) is 12.8 Å². The summed E-state index contributed by atoms with van der Waals surface area (Å²) < 4.78 is 0. The van der Waals surface area contributed by atoms with E-state index in [0.717, 1.165) is 30.0 Å². The molecule has 0 spiro atoms. The fourth-order valence-corrected chi connectivity index (χ4v) is 2.86. The van der Waals surface area contributed by atoms with Gasteiger partial charge in [0.1, 0.15) is 0 Å². The molecule has 21 heavy (non-hydrogen) atoms. The maximum absolute atomic E-state index is 12.6. The second kappa shape index (κ2) is 6.00. The van der Waals surface area contributed by atoms with Gasteiger partial charge in [0.25, 0.3) is 5.91 Å². The molecule has 3 heteroatoms. The highest BCUT2D eigenvalue weighted by atomic mass is 16.2. The summed E-state index contributed by atoms with van der Waals surface area (Å²) in [4.78, 5) is 16.7. The quantitative estimate of drug-likeness (QED) is 0.858. The number of hydrogen-bond acceptors (Lipinski definition) is 2. The van der Waals surface area contributed by atoms with Crippen LogP contribution in [0, 0.1) is 0 Å². The van der Waals surface area contributed by atoms with Gasteiger partial charge in [0.15, 0.2) is 0 Å². The van der Waals surface area contributed by atoms with Crippen molar-refractivity contribution in [1.29, 1.82) is 0 Å². The third-order valence-corrected chi connectivity index (χ3v) is 4.02. The van der Waals surface area contributed by atoms with Crippen molar-refractivity contribution in [2.24, 2.45) is 0 Å². The summed E-state index contributed by atoms with van der Waals surface area (Å²) in [6, 6.07) is 17.6. The van der Waals surface area contributed by atoms with Crippen LogP contribution in [0.25, 0.3) is 0 Å². The fraction of sp³-hybridized carbons (Fsp3) is 0.278. The molecule has 0 radical (unpaired) electrons. The molecule has 0 bridgehead atoms. The minimum atomic E-state index is 0.0299. The molecule has 2 aromatic rings. The van der Waals surface area contributed by atoms with Crippen LogP contribution in [0.2, 0.25) is 0 Å². The van der Waals surface area contributed by atoms with Gasteiger partial charge >= 0.3 is 0 Å². The lowest BCUT2D eigenvalue weighted by Gasteiger charge is -2.26. The van der Waals surface area contributed by atoms with Crippen LogP contribution in [0.1, 0.15) is 23.2 Å². The molecule has 1 aliphatic heterocycles. The molecule has 108 valence electrons. The first-order chi connectivity index (χ1) is 10.3. The van der Waals surface area contributed by atoms with E-state index in [1.54, 1.807) is 4.90 Å². The van der Waals surface area contributed by atoms with Crippen LogP contribution in [0.5, 0.6) is 0 Å². The molecule has 3 nitrogen and oxygen atoms in total. The molecule has 0 aliphatic carbocycles. The van der Waals surface area contributed by atoms with E-state index in [4.69, 9.17) is 0 Å². The zero-order chi connectivity index (χ0) is 14.7. The molecule has 1 aliphatic rings. The summed E-state index contributed by atoms with van der Waals surface area (Å²) in [6.07, 6.45) is 2.45. The van der Waals surface area contributed by atoms with Crippen molar-refractivity contribution in [3.05, 3.63) is 60.2 Å². The number of rotatable bonds is 3. The number of amides is 1. The SMILES string of the molecule is CN(C(=O)c1ccccc1)c1ccccc1N1CCCC1. The molecule has 2 aromatic carbocycles. The standard InChI is InChI=1S/C18H20N2O/c1-19(18(21)15-9-3-2-4-10-15)16-11-5-6-12-17(16)20-13-7-8-14-20/h2-6,9-12H,7-8,13-14H2,1H3. The van der Waals surface area contributed by atoms with Crippen LogP contribution in [0.4, 0.5) is 11.4 Å². The van der Waals surface area contributed by atoms with Crippen molar-refractivity contribution in [1.82, 2.24) is 0 Å². The van der Waals surface area contributed by atoms with Crippen LogP contribution in [-0.2, 0) is 0 Å². The van der Waals surface area contributed by atoms with Gasteiger partial charge in [-0.3, -0.25) is 4.79 Å². The summed E-state index contributed by atoms with van der Waals surface area (Å²) in [5.74, 6) is 0.0299. The van der Waals surface area contributed by atoms with E-state index >= 15 is 0 Å². The largest absolute Gasteiger partial charge is 0.370 e. The molecule has 0 unspecified atom stereocenters. The lowest BCUT2D eigenvalue weighted by Crippen LogP contribution is -2.29. The fourth-order valence-electron chi connectivity index (χ4n) is 2.86. The highest BCUT2D eigenvalue weighted by molar-refractivity contribution is 6.07. The minimum Gasteiger partial charge on any atom is -0.370 e. The van der Waals surface area contributed by atoms with Gasteiger partial charge in [-0.2, -0.15) is 0 Å². The summed E-state index contributed by atoms with van der Waals surface area (Å²) in [5, 5.41) is 0. The van der Waals surface area contributed by atoms with Gasteiger partial charge in [-0.25, -0.2) is 0 Å². The Morgan fingerprint density at radius 1 is 0.952 bits per heavy atom. The molecule has 1 saturated heterocycles. The van der Waals surface area contributed by atoms with E-state index in [9.17, 15) is 4.79 Å². The number of benzene rings is 2. The van der Waals surface area contributed by atoms with E-state index in [2.05, 4.69) is 11.0 Å². The highest BCUT2D eigenvalue weighted by Gasteiger charge is 2.20. The van der Waals surface area contributed by atoms with Crippen LogP contribution >= 0.6 is 0 Å².